The van der Waals surface area contributed by atoms with Gasteiger partial charge in [-0.1, -0.05) is 59.6 Å². The van der Waals surface area contributed by atoms with E-state index in [1.807, 2.05) is 61.5 Å². The third-order valence-corrected chi connectivity index (χ3v) is 5.98. The van der Waals surface area contributed by atoms with Crippen LogP contribution < -0.4 is 14.8 Å². The lowest BCUT2D eigenvalue weighted by Crippen LogP contribution is -2.30. The van der Waals surface area contributed by atoms with Gasteiger partial charge in [-0.25, -0.2) is 4.79 Å². The summed E-state index contributed by atoms with van der Waals surface area (Å²) >= 11 is 5.97. The standard InChI is InChI=1S/C29H27ClN2O4/c1-4-6-23-14-22(16-26(35-3)27(23)36-18-20-9-11-24(30)12-10-20)15-25-28(33)32(29(34)31-25)17-21-8-5-7-19(2)13-21/h4-5,7-16H,1,6,17-18H2,2-3H3,(H,31,34)/b25-15+. The molecule has 0 aliphatic carbocycles. The molecular formula is C29H27ClN2O4. The molecule has 0 spiro atoms. The summed E-state index contributed by atoms with van der Waals surface area (Å²) in [7, 11) is 1.56. The van der Waals surface area contributed by atoms with E-state index in [2.05, 4.69) is 11.9 Å². The number of nitrogens with zero attached hydrogens (tertiary/aromatic N) is 1. The van der Waals surface area contributed by atoms with E-state index >= 15 is 0 Å². The van der Waals surface area contributed by atoms with Crippen molar-refractivity contribution < 1.29 is 19.1 Å². The summed E-state index contributed by atoms with van der Waals surface area (Å²) in [5.41, 5.74) is 4.66. The predicted molar refractivity (Wildman–Crippen MR) is 141 cm³/mol. The lowest BCUT2D eigenvalue weighted by Gasteiger charge is -2.16. The number of urea groups is 1. The third kappa shape index (κ3) is 5.78. The van der Waals surface area contributed by atoms with Crippen molar-refractivity contribution in [3.63, 3.8) is 0 Å². The average molecular weight is 503 g/mol. The largest absolute Gasteiger partial charge is 0.493 e. The molecule has 36 heavy (non-hydrogen) atoms. The van der Waals surface area contributed by atoms with Crippen LogP contribution in [0, 0.1) is 6.92 Å². The van der Waals surface area contributed by atoms with E-state index in [0.717, 1.165) is 22.3 Å². The number of imide groups is 1. The Morgan fingerprint density at radius 3 is 2.53 bits per heavy atom. The van der Waals surface area contributed by atoms with E-state index < -0.39 is 6.03 Å². The summed E-state index contributed by atoms with van der Waals surface area (Å²) in [5, 5.41) is 3.35. The molecule has 1 aliphatic heterocycles. The van der Waals surface area contributed by atoms with E-state index in [1.165, 1.54) is 4.90 Å². The number of halogens is 1. The zero-order valence-electron chi connectivity index (χ0n) is 20.2. The van der Waals surface area contributed by atoms with Gasteiger partial charge in [-0.15, -0.1) is 6.58 Å². The van der Waals surface area contributed by atoms with Crippen LogP contribution in [0.2, 0.25) is 5.02 Å². The Hall–Kier alpha value is -4.03. The van der Waals surface area contributed by atoms with Gasteiger partial charge < -0.3 is 14.8 Å². The number of carbonyl (C=O) groups is 2. The number of benzene rings is 3. The number of ether oxygens (including phenoxy) is 2. The van der Waals surface area contributed by atoms with Crippen LogP contribution in [-0.2, 0) is 24.4 Å². The second kappa shape index (κ2) is 11.1. The van der Waals surface area contributed by atoms with Gasteiger partial charge >= 0.3 is 6.03 Å². The second-order valence-corrected chi connectivity index (χ2v) is 8.92. The third-order valence-electron chi connectivity index (χ3n) is 5.73. The number of nitrogens with one attached hydrogen (secondary N) is 1. The Labute approximate surface area is 215 Å². The summed E-state index contributed by atoms with van der Waals surface area (Å²) in [6.07, 6.45) is 3.95. The van der Waals surface area contributed by atoms with E-state index in [9.17, 15) is 9.59 Å². The van der Waals surface area contributed by atoms with Gasteiger partial charge in [0.25, 0.3) is 5.91 Å². The zero-order chi connectivity index (χ0) is 25.7. The summed E-state index contributed by atoms with van der Waals surface area (Å²) in [5.74, 6) is 0.731. The Morgan fingerprint density at radius 2 is 1.83 bits per heavy atom. The van der Waals surface area contributed by atoms with Crippen LogP contribution in [0.4, 0.5) is 4.79 Å². The number of allylic oxidation sites excluding steroid dienone is 1. The van der Waals surface area contributed by atoms with E-state index in [-0.39, 0.29) is 18.1 Å². The molecule has 1 heterocycles. The molecule has 7 heteroatoms. The van der Waals surface area contributed by atoms with Gasteiger partial charge in [-0.05, 0) is 60.4 Å². The maximum atomic E-state index is 13.0. The van der Waals surface area contributed by atoms with Crippen molar-refractivity contribution in [2.24, 2.45) is 0 Å². The number of hydrogen-bond acceptors (Lipinski definition) is 4. The van der Waals surface area contributed by atoms with Crippen molar-refractivity contribution in [3.05, 3.63) is 112 Å². The minimum atomic E-state index is -0.450. The number of rotatable bonds is 9. The number of hydrogen-bond donors (Lipinski definition) is 1. The first-order valence-corrected chi connectivity index (χ1v) is 11.8. The lowest BCUT2D eigenvalue weighted by atomic mass is 10.0. The van der Waals surface area contributed by atoms with Gasteiger partial charge in [0.2, 0.25) is 0 Å². The smallest absolute Gasteiger partial charge is 0.329 e. The number of amides is 3. The van der Waals surface area contributed by atoms with Gasteiger partial charge in [0, 0.05) is 10.6 Å². The zero-order valence-corrected chi connectivity index (χ0v) is 21.0. The van der Waals surface area contributed by atoms with Crippen LogP contribution >= 0.6 is 11.6 Å². The molecule has 0 aromatic heterocycles. The molecule has 3 amide bonds. The van der Waals surface area contributed by atoms with Crippen LogP contribution in [0.3, 0.4) is 0 Å². The maximum Gasteiger partial charge on any atom is 0.329 e. The monoisotopic (exact) mass is 502 g/mol. The summed E-state index contributed by atoms with van der Waals surface area (Å²) in [6, 6.07) is 18.4. The molecule has 0 bridgehead atoms. The Balaban J connectivity index is 1.59. The first-order chi connectivity index (χ1) is 17.4. The molecule has 4 rings (SSSR count). The van der Waals surface area contributed by atoms with Crippen molar-refractivity contribution >= 4 is 29.6 Å². The first kappa shape index (κ1) is 25.1. The minimum Gasteiger partial charge on any atom is -0.493 e. The molecule has 1 fully saturated rings. The molecular weight excluding hydrogens is 476 g/mol. The van der Waals surface area contributed by atoms with Crippen LogP contribution in [-0.4, -0.2) is 23.9 Å². The number of aryl methyl sites for hydroxylation is 1. The summed E-state index contributed by atoms with van der Waals surface area (Å²) < 4.78 is 11.7. The highest BCUT2D eigenvalue weighted by Gasteiger charge is 2.33. The van der Waals surface area contributed by atoms with E-state index in [4.69, 9.17) is 21.1 Å². The fourth-order valence-corrected chi connectivity index (χ4v) is 4.13. The molecule has 6 nitrogen and oxygen atoms in total. The number of carbonyl (C=O) groups excluding carboxylic acids is 2. The molecule has 1 aliphatic rings. The van der Waals surface area contributed by atoms with Crippen LogP contribution in [0.5, 0.6) is 11.5 Å². The Bertz CT molecular complexity index is 1330. The molecule has 1 N–H and O–H groups in total. The molecule has 3 aromatic rings. The van der Waals surface area contributed by atoms with Crippen molar-refractivity contribution in [2.45, 2.75) is 26.5 Å². The van der Waals surface area contributed by atoms with Gasteiger partial charge in [0.05, 0.1) is 13.7 Å². The molecule has 0 radical (unpaired) electrons. The maximum absolute atomic E-state index is 13.0. The molecule has 1 saturated heterocycles. The molecule has 3 aromatic carbocycles. The first-order valence-electron chi connectivity index (χ1n) is 11.5. The van der Waals surface area contributed by atoms with Gasteiger partial charge in [-0.3, -0.25) is 9.69 Å². The molecule has 0 atom stereocenters. The quantitative estimate of drug-likeness (QED) is 0.219. The summed E-state index contributed by atoms with van der Waals surface area (Å²) in [4.78, 5) is 26.8. The molecule has 0 saturated carbocycles. The number of methoxy groups -OCH3 is 1. The van der Waals surface area contributed by atoms with E-state index in [0.29, 0.717) is 35.1 Å². The lowest BCUT2D eigenvalue weighted by molar-refractivity contribution is -0.123. The van der Waals surface area contributed by atoms with Crippen molar-refractivity contribution in [3.8, 4) is 11.5 Å². The molecule has 184 valence electrons. The average Bonchev–Trinajstić information content (AvgIpc) is 3.11. The molecule has 0 unspecified atom stereocenters. The normalized spacial score (nSPS) is 14.2. The Morgan fingerprint density at radius 1 is 1.06 bits per heavy atom. The SMILES string of the molecule is C=CCc1cc(/C=C2/NC(=O)N(Cc3cccc(C)c3)C2=O)cc(OC)c1OCc1ccc(Cl)cc1. The fourth-order valence-electron chi connectivity index (χ4n) is 4.00. The highest BCUT2D eigenvalue weighted by atomic mass is 35.5. The fraction of sp³-hybridized carbons (Fsp3) is 0.172. The van der Waals surface area contributed by atoms with Crippen LogP contribution in [0.1, 0.15) is 27.8 Å². The highest BCUT2D eigenvalue weighted by molar-refractivity contribution is 6.30. The van der Waals surface area contributed by atoms with E-state index in [1.54, 1.807) is 25.3 Å². The van der Waals surface area contributed by atoms with Crippen LogP contribution in [0.15, 0.2) is 79.0 Å². The van der Waals surface area contributed by atoms with Gasteiger partial charge in [0.15, 0.2) is 11.5 Å². The predicted octanol–water partition coefficient (Wildman–Crippen LogP) is 6.06. The minimum absolute atomic E-state index is 0.201. The van der Waals surface area contributed by atoms with Crippen molar-refractivity contribution in [2.75, 3.05) is 7.11 Å². The van der Waals surface area contributed by atoms with Gasteiger partial charge in [-0.2, -0.15) is 0 Å². The van der Waals surface area contributed by atoms with Gasteiger partial charge in [0.1, 0.15) is 12.3 Å². The van der Waals surface area contributed by atoms with Crippen molar-refractivity contribution in [1.29, 1.82) is 0 Å². The summed E-state index contributed by atoms with van der Waals surface area (Å²) in [6.45, 7) is 6.35. The second-order valence-electron chi connectivity index (χ2n) is 8.49. The highest BCUT2D eigenvalue weighted by Crippen LogP contribution is 2.35. The Kier molecular flexibility index (Phi) is 7.76. The van der Waals surface area contributed by atoms with Crippen molar-refractivity contribution in [1.82, 2.24) is 10.2 Å². The topological polar surface area (TPSA) is 67.9 Å². The van der Waals surface area contributed by atoms with Crippen LogP contribution in [0.25, 0.3) is 6.08 Å².